The number of rotatable bonds is 5. The van der Waals surface area contributed by atoms with E-state index < -0.39 is 0 Å². The first-order valence-electron chi connectivity index (χ1n) is 4.88. The summed E-state index contributed by atoms with van der Waals surface area (Å²) >= 11 is 0. The Kier molecular flexibility index (Phi) is 4.87. The van der Waals surface area contributed by atoms with E-state index in [1.807, 2.05) is 0 Å². The van der Waals surface area contributed by atoms with Crippen LogP contribution in [0.5, 0.6) is 0 Å². The summed E-state index contributed by atoms with van der Waals surface area (Å²) in [6.07, 6.45) is 4.96. The van der Waals surface area contributed by atoms with E-state index in [-0.39, 0.29) is 0 Å². The van der Waals surface area contributed by atoms with E-state index in [1.54, 1.807) is 0 Å². The fourth-order valence-electron chi connectivity index (χ4n) is 1.97. The molecular formula is C10H21B. The van der Waals surface area contributed by atoms with Gasteiger partial charge in [0.1, 0.15) is 0 Å². The SMILES string of the molecule is [B]C(C)C(CC)(CC)CCC. The quantitative estimate of drug-likeness (QED) is 0.528. The molecule has 0 saturated heterocycles. The van der Waals surface area contributed by atoms with Crippen molar-refractivity contribution in [3.63, 3.8) is 0 Å². The van der Waals surface area contributed by atoms with Gasteiger partial charge in [-0.25, -0.2) is 0 Å². The van der Waals surface area contributed by atoms with Crippen molar-refractivity contribution in [1.29, 1.82) is 0 Å². The highest BCUT2D eigenvalue weighted by molar-refractivity contribution is 6.11. The van der Waals surface area contributed by atoms with Crippen molar-refractivity contribution in [2.45, 2.75) is 59.2 Å². The summed E-state index contributed by atoms with van der Waals surface area (Å²) in [7, 11) is 5.98. The third-order valence-electron chi connectivity index (χ3n) is 3.12. The fraction of sp³-hybridized carbons (Fsp3) is 1.00. The normalized spacial score (nSPS) is 14.9. The zero-order valence-corrected chi connectivity index (χ0v) is 8.48. The summed E-state index contributed by atoms with van der Waals surface area (Å²) in [6.45, 7) is 8.89. The van der Waals surface area contributed by atoms with Crippen molar-refractivity contribution >= 4 is 7.85 Å². The summed E-state index contributed by atoms with van der Waals surface area (Å²) in [5.74, 6) is 0.345. The van der Waals surface area contributed by atoms with E-state index in [0.717, 1.165) is 0 Å². The molecule has 0 spiro atoms. The zero-order valence-electron chi connectivity index (χ0n) is 8.48. The van der Waals surface area contributed by atoms with Crippen molar-refractivity contribution in [1.82, 2.24) is 0 Å². The van der Waals surface area contributed by atoms with Gasteiger partial charge in [0.15, 0.2) is 0 Å². The third-order valence-corrected chi connectivity index (χ3v) is 3.12. The predicted octanol–water partition coefficient (Wildman–Crippen LogP) is 3.57. The minimum Gasteiger partial charge on any atom is -0.0746 e. The molecule has 0 bridgehead atoms. The number of hydrogen-bond acceptors (Lipinski definition) is 0. The molecule has 0 aromatic rings. The lowest BCUT2D eigenvalue weighted by Crippen LogP contribution is -2.23. The fourth-order valence-corrected chi connectivity index (χ4v) is 1.97. The van der Waals surface area contributed by atoms with Crippen LogP contribution >= 0.6 is 0 Å². The Morgan fingerprint density at radius 1 is 1.18 bits per heavy atom. The van der Waals surface area contributed by atoms with Gasteiger partial charge in [0, 0.05) is 0 Å². The van der Waals surface area contributed by atoms with Gasteiger partial charge in [0.2, 0.25) is 0 Å². The molecule has 11 heavy (non-hydrogen) atoms. The molecule has 1 unspecified atom stereocenters. The predicted molar refractivity (Wildman–Crippen MR) is 53.1 cm³/mol. The van der Waals surface area contributed by atoms with E-state index in [1.165, 1.54) is 25.7 Å². The molecule has 0 fully saturated rings. The van der Waals surface area contributed by atoms with Crippen LogP contribution in [0, 0.1) is 5.41 Å². The van der Waals surface area contributed by atoms with Crippen molar-refractivity contribution in [3.8, 4) is 0 Å². The molecule has 0 aromatic carbocycles. The third kappa shape index (κ3) is 2.54. The molecule has 0 amide bonds. The minimum atomic E-state index is 0.345. The van der Waals surface area contributed by atoms with Crippen molar-refractivity contribution in [3.05, 3.63) is 0 Å². The van der Waals surface area contributed by atoms with Crippen LogP contribution < -0.4 is 0 Å². The minimum absolute atomic E-state index is 0.345. The standard InChI is InChI=1S/C10H21B/c1-5-8-10(6-2,7-3)9(4)11/h9H,5-8H2,1-4H3. The molecule has 0 aliphatic heterocycles. The topological polar surface area (TPSA) is 0 Å². The number of hydrogen-bond donors (Lipinski definition) is 0. The molecule has 1 heteroatoms. The van der Waals surface area contributed by atoms with Crippen LogP contribution in [0.2, 0.25) is 5.82 Å². The Hall–Kier alpha value is 0.0649. The Labute approximate surface area is 73.2 Å². The van der Waals surface area contributed by atoms with Crippen molar-refractivity contribution in [2.75, 3.05) is 0 Å². The van der Waals surface area contributed by atoms with E-state index in [2.05, 4.69) is 27.7 Å². The zero-order chi connectivity index (χ0) is 8.91. The van der Waals surface area contributed by atoms with Crippen LogP contribution in [0.4, 0.5) is 0 Å². The Morgan fingerprint density at radius 3 is 1.73 bits per heavy atom. The lowest BCUT2D eigenvalue weighted by atomic mass is 9.61. The average Bonchev–Trinajstić information content (AvgIpc) is 2.00. The molecule has 1 atom stereocenters. The molecule has 0 N–H and O–H groups in total. The average molecular weight is 152 g/mol. The van der Waals surface area contributed by atoms with Gasteiger partial charge >= 0.3 is 0 Å². The Bertz CT molecular complexity index is 93.0. The van der Waals surface area contributed by atoms with Crippen LogP contribution in [-0.4, -0.2) is 7.85 Å². The smallest absolute Gasteiger partial charge is 0.0703 e. The lowest BCUT2D eigenvalue weighted by molar-refractivity contribution is 0.227. The maximum absolute atomic E-state index is 5.98. The van der Waals surface area contributed by atoms with Gasteiger partial charge in [-0.2, -0.15) is 0 Å². The van der Waals surface area contributed by atoms with Gasteiger partial charge < -0.3 is 0 Å². The first kappa shape index (κ1) is 11.1. The van der Waals surface area contributed by atoms with E-state index in [9.17, 15) is 0 Å². The summed E-state index contributed by atoms with van der Waals surface area (Å²) in [6, 6.07) is 0. The summed E-state index contributed by atoms with van der Waals surface area (Å²) in [4.78, 5) is 0. The van der Waals surface area contributed by atoms with Crippen molar-refractivity contribution in [2.24, 2.45) is 5.41 Å². The second-order valence-electron chi connectivity index (χ2n) is 3.61. The van der Waals surface area contributed by atoms with Crippen LogP contribution in [0.25, 0.3) is 0 Å². The molecule has 0 aliphatic carbocycles. The van der Waals surface area contributed by atoms with Gasteiger partial charge in [-0.3, -0.25) is 0 Å². The summed E-state index contributed by atoms with van der Waals surface area (Å²) in [5.41, 5.74) is 0.411. The van der Waals surface area contributed by atoms with Gasteiger partial charge in [-0.05, 0) is 11.8 Å². The van der Waals surface area contributed by atoms with E-state index in [4.69, 9.17) is 7.85 Å². The second-order valence-corrected chi connectivity index (χ2v) is 3.61. The highest BCUT2D eigenvalue weighted by Crippen LogP contribution is 2.41. The molecule has 0 rings (SSSR count). The maximum atomic E-state index is 5.98. The molecule has 0 nitrogen and oxygen atoms in total. The molecule has 0 saturated carbocycles. The highest BCUT2D eigenvalue weighted by atomic mass is 14.3. The van der Waals surface area contributed by atoms with Gasteiger partial charge in [0.05, 0.1) is 7.85 Å². The van der Waals surface area contributed by atoms with Crippen LogP contribution in [0.1, 0.15) is 53.4 Å². The van der Waals surface area contributed by atoms with Gasteiger partial charge in [-0.1, -0.05) is 52.8 Å². The molecule has 2 radical (unpaired) electrons. The molecule has 64 valence electrons. The molecule has 0 aromatic heterocycles. The van der Waals surface area contributed by atoms with Crippen LogP contribution in [0.15, 0.2) is 0 Å². The van der Waals surface area contributed by atoms with Crippen molar-refractivity contribution < 1.29 is 0 Å². The molecular weight excluding hydrogens is 131 g/mol. The first-order chi connectivity index (χ1) is 5.13. The maximum Gasteiger partial charge on any atom is 0.0703 e. The lowest BCUT2D eigenvalue weighted by Gasteiger charge is -2.36. The van der Waals surface area contributed by atoms with Gasteiger partial charge in [0.25, 0.3) is 0 Å². The summed E-state index contributed by atoms with van der Waals surface area (Å²) in [5, 5.41) is 0. The van der Waals surface area contributed by atoms with Crippen LogP contribution in [0.3, 0.4) is 0 Å². The highest BCUT2D eigenvalue weighted by Gasteiger charge is 2.27. The molecule has 0 heterocycles. The molecule has 0 aliphatic rings. The largest absolute Gasteiger partial charge is 0.0746 e. The Balaban J connectivity index is 4.20. The monoisotopic (exact) mass is 152 g/mol. The Morgan fingerprint density at radius 2 is 1.64 bits per heavy atom. The summed E-state index contributed by atoms with van der Waals surface area (Å²) < 4.78 is 0. The second kappa shape index (κ2) is 4.85. The first-order valence-corrected chi connectivity index (χ1v) is 4.88. The van der Waals surface area contributed by atoms with Gasteiger partial charge in [-0.15, -0.1) is 0 Å². The van der Waals surface area contributed by atoms with Crippen LogP contribution in [-0.2, 0) is 0 Å². The van der Waals surface area contributed by atoms with E-state index in [0.29, 0.717) is 11.2 Å². The van der Waals surface area contributed by atoms with E-state index >= 15 is 0 Å².